The van der Waals surface area contributed by atoms with Gasteiger partial charge in [0.1, 0.15) is 0 Å². The lowest BCUT2D eigenvalue weighted by Gasteiger charge is -2.18. The van der Waals surface area contributed by atoms with E-state index in [2.05, 4.69) is 56.3 Å². The first kappa shape index (κ1) is 11.8. The summed E-state index contributed by atoms with van der Waals surface area (Å²) in [6.07, 6.45) is 6.05. The molecule has 0 heterocycles. The van der Waals surface area contributed by atoms with E-state index in [1.165, 1.54) is 11.1 Å². The minimum atomic E-state index is 0.356. The molecule has 15 heavy (non-hydrogen) atoms. The summed E-state index contributed by atoms with van der Waals surface area (Å²) in [7, 11) is 0. The van der Waals surface area contributed by atoms with Crippen LogP contribution in [0, 0.1) is 19.3 Å². The van der Waals surface area contributed by atoms with Crippen molar-refractivity contribution in [2.75, 3.05) is 0 Å². The molecule has 1 nitrogen and oxygen atoms in total. The van der Waals surface area contributed by atoms with Crippen LogP contribution in [0.3, 0.4) is 0 Å². The van der Waals surface area contributed by atoms with Crippen molar-refractivity contribution in [2.45, 2.75) is 39.3 Å². The molecule has 0 spiro atoms. The molecule has 1 aromatic carbocycles. The summed E-state index contributed by atoms with van der Waals surface area (Å²) in [5, 5.41) is 3.47. The van der Waals surface area contributed by atoms with Crippen LogP contribution in [0.2, 0.25) is 0 Å². The summed E-state index contributed by atoms with van der Waals surface area (Å²) in [6, 6.07) is 9.32. The number of hydrogen-bond donors (Lipinski definition) is 1. The molecule has 0 radical (unpaired) electrons. The Kier molecular flexibility index (Phi) is 4.39. The van der Waals surface area contributed by atoms with Crippen LogP contribution in [0.15, 0.2) is 24.3 Å². The molecule has 1 aromatic rings. The maximum absolute atomic E-state index is 5.27. The molecule has 0 amide bonds. The highest BCUT2D eigenvalue weighted by Gasteiger charge is 2.07. The van der Waals surface area contributed by atoms with Gasteiger partial charge in [0.15, 0.2) is 0 Å². The van der Waals surface area contributed by atoms with Gasteiger partial charge in [-0.25, -0.2) is 0 Å². The largest absolute Gasteiger partial charge is 0.307 e. The predicted molar refractivity (Wildman–Crippen MR) is 65.6 cm³/mol. The SMILES string of the molecule is C#CCC(C)NC(C)c1ccc(C)cc1. The van der Waals surface area contributed by atoms with Crippen LogP contribution in [-0.2, 0) is 0 Å². The molecule has 0 aliphatic carbocycles. The zero-order chi connectivity index (χ0) is 11.3. The Morgan fingerprint density at radius 2 is 1.87 bits per heavy atom. The zero-order valence-corrected chi connectivity index (χ0v) is 9.75. The first-order valence-electron chi connectivity index (χ1n) is 5.39. The Morgan fingerprint density at radius 3 is 2.40 bits per heavy atom. The van der Waals surface area contributed by atoms with E-state index in [0.29, 0.717) is 12.1 Å². The van der Waals surface area contributed by atoms with Gasteiger partial charge in [-0.05, 0) is 26.3 Å². The van der Waals surface area contributed by atoms with Gasteiger partial charge in [-0.2, -0.15) is 0 Å². The van der Waals surface area contributed by atoms with E-state index < -0.39 is 0 Å². The van der Waals surface area contributed by atoms with Crippen molar-refractivity contribution in [2.24, 2.45) is 0 Å². The zero-order valence-electron chi connectivity index (χ0n) is 9.75. The van der Waals surface area contributed by atoms with Crippen LogP contribution >= 0.6 is 0 Å². The molecule has 0 aliphatic heterocycles. The second kappa shape index (κ2) is 5.58. The molecule has 0 saturated carbocycles. The minimum absolute atomic E-state index is 0.356. The molecular weight excluding hydrogens is 182 g/mol. The fourth-order valence-electron chi connectivity index (χ4n) is 1.61. The van der Waals surface area contributed by atoms with Gasteiger partial charge < -0.3 is 5.32 Å². The summed E-state index contributed by atoms with van der Waals surface area (Å²) < 4.78 is 0. The van der Waals surface area contributed by atoms with E-state index in [1.54, 1.807) is 0 Å². The lowest BCUT2D eigenvalue weighted by molar-refractivity contribution is 0.486. The van der Waals surface area contributed by atoms with Crippen molar-refractivity contribution in [1.29, 1.82) is 0 Å². The second-order valence-corrected chi connectivity index (χ2v) is 4.11. The van der Waals surface area contributed by atoms with Crippen LogP contribution < -0.4 is 5.32 Å². The van der Waals surface area contributed by atoms with Crippen molar-refractivity contribution in [1.82, 2.24) is 5.32 Å². The number of aryl methyl sites for hydroxylation is 1. The Balaban J connectivity index is 2.57. The maximum Gasteiger partial charge on any atom is 0.0294 e. The summed E-state index contributed by atoms with van der Waals surface area (Å²) in [5.74, 6) is 2.67. The summed E-state index contributed by atoms with van der Waals surface area (Å²) in [6.45, 7) is 6.38. The number of nitrogens with one attached hydrogen (secondary N) is 1. The van der Waals surface area contributed by atoms with Gasteiger partial charge in [-0.3, -0.25) is 0 Å². The highest BCUT2D eigenvalue weighted by atomic mass is 14.9. The molecule has 2 unspecified atom stereocenters. The summed E-state index contributed by atoms with van der Waals surface area (Å²) in [5.41, 5.74) is 2.60. The molecule has 1 heteroatoms. The van der Waals surface area contributed by atoms with Gasteiger partial charge in [-0.1, -0.05) is 29.8 Å². The van der Waals surface area contributed by atoms with Gasteiger partial charge in [0.2, 0.25) is 0 Å². The Labute approximate surface area is 92.9 Å². The van der Waals surface area contributed by atoms with E-state index >= 15 is 0 Å². The van der Waals surface area contributed by atoms with Crippen LogP contribution in [0.25, 0.3) is 0 Å². The Bertz CT molecular complexity index is 331. The third kappa shape index (κ3) is 3.77. The van der Waals surface area contributed by atoms with Crippen LogP contribution in [0.4, 0.5) is 0 Å². The van der Waals surface area contributed by atoms with Crippen molar-refractivity contribution < 1.29 is 0 Å². The monoisotopic (exact) mass is 201 g/mol. The van der Waals surface area contributed by atoms with Gasteiger partial charge >= 0.3 is 0 Å². The average molecular weight is 201 g/mol. The normalized spacial score (nSPS) is 14.3. The van der Waals surface area contributed by atoms with Crippen molar-refractivity contribution in [3.8, 4) is 12.3 Å². The van der Waals surface area contributed by atoms with Crippen molar-refractivity contribution >= 4 is 0 Å². The molecule has 0 fully saturated rings. The lowest BCUT2D eigenvalue weighted by atomic mass is 10.1. The van der Waals surface area contributed by atoms with Gasteiger partial charge in [0, 0.05) is 18.5 Å². The van der Waals surface area contributed by atoms with Gasteiger partial charge in [0.25, 0.3) is 0 Å². The smallest absolute Gasteiger partial charge is 0.0294 e. The minimum Gasteiger partial charge on any atom is -0.307 e. The van der Waals surface area contributed by atoms with Crippen LogP contribution in [-0.4, -0.2) is 6.04 Å². The van der Waals surface area contributed by atoms with Crippen LogP contribution in [0.1, 0.15) is 37.4 Å². The fraction of sp³-hybridized carbons (Fsp3) is 0.429. The van der Waals surface area contributed by atoms with E-state index in [9.17, 15) is 0 Å². The third-order valence-corrected chi connectivity index (χ3v) is 2.54. The molecule has 0 bridgehead atoms. The van der Waals surface area contributed by atoms with Gasteiger partial charge in [0.05, 0.1) is 0 Å². The first-order chi connectivity index (χ1) is 7.13. The van der Waals surface area contributed by atoms with Gasteiger partial charge in [-0.15, -0.1) is 12.3 Å². The molecule has 0 aromatic heterocycles. The lowest BCUT2D eigenvalue weighted by Crippen LogP contribution is -2.28. The molecule has 80 valence electrons. The van der Waals surface area contributed by atoms with E-state index in [4.69, 9.17) is 6.42 Å². The standard InChI is InChI=1S/C14H19N/c1-5-6-12(3)15-13(4)14-9-7-11(2)8-10-14/h1,7-10,12-13,15H,6H2,2-4H3. The van der Waals surface area contributed by atoms with E-state index in [1.807, 2.05) is 0 Å². The Hall–Kier alpha value is -1.26. The molecule has 1 N–H and O–H groups in total. The quantitative estimate of drug-likeness (QED) is 0.738. The number of terminal acetylenes is 1. The number of hydrogen-bond acceptors (Lipinski definition) is 1. The Morgan fingerprint density at radius 1 is 1.27 bits per heavy atom. The summed E-state index contributed by atoms with van der Waals surface area (Å²) >= 11 is 0. The summed E-state index contributed by atoms with van der Waals surface area (Å²) in [4.78, 5) is 0. The second-order valence-electron chi connectivity index (χ2n) is 4.11. The first-order valence-corrected chi connectivity index (χ1v) is 5.39. The third-order valence-electron chi connectivity index (χ3n) is 2.54. The number of benzene rings is 1. The molecule has 2 atom stereocenters. The molecule has 0 saturated heterocycles. The highest BCUT2D eigenvalue weighted by molar-refractivity contribution is 5.23. The van der Waals surface area contributed by atoms with Crippen molar-refractivity contribution in [3.63, 3.8) is 0 Å². The highest BCUT2D eigenvalue weighted by Crippen LogP contribution is 2.14. The van der Waals surface area contributed by atoms with Crippen LogP contribution in [0.5, 0.6) is 0 Å². The molecule has 1 rings (SSSR count). The average Bonchev–Trinajstić information content (AvgIpc) is 2.18. The van der Waals surface area contributed by atoms with Crippen molar-refractivity contribution in [3.05, 3.63) is 35.4 Å². The fourth-order valence-corrected chi connectivity index (χ4v) is 1.61. The predicted octanol–water partition coefficient (Wildman–Crippen LogP) is 3.06. The molecular formula is C14H19N. The topological polar surface area (TPSA) is 12.0 Å². The molecule has 0 aliphatic rings. The van der Waals surface area contributed by atoms with E-state index in [-0.39, 0.29) is 0 Å². The maximum atomic E-state index is 5.27. The number of rotatable bonds is 4. The van der Waals surface area contributed by atoms with E-state index in [0.717, 1.165) is 6.42 Å².